The number of anilines is 1. The third kappa shape index (κ3) is 3.91. The van der Waals surface area contributed by atoms with Crippen LogP contribution >= 0.6 is 0 Å². The van der Waals surface area contributed by atoms with Crippen molar-refractivity contribution in [3.05, 3.63) is 29.8 Å². The van der Waals surface area contributed by atoms with E-state index in [1.165, 1.54) is 19.2 Å². The van der Waals surface area contributed by atoms with E-state index in [1.807, 2.05) is 20.8 Å². The van der Waals surface area contributed by atoms with Crippen molar-refractivity contribution in [2.45, 2.75) is 38.8 Å². The van der Waals surface area contributed by atoms with Gasteiger partial charge in [0.25, 0.3) is 5.91 Å². The second-order valence-corrected chi connectivity index (χ2v) is 6.43. The van der Waals surface area contributed by atoms with Gasteiger partial charge in [-0.2, -0.15) is 0 Å². The zero-order valence-electron chi connectivity index (χ0n) is 14.3. The Bertz CT molecular complexity index is 651. The van der Waals surface area contributed by atoms with Crippen molar-refractivity contribution < 1.29 is 23.9 Å². The second kappa shape index (κ2) is 7.00. The first kappa shape index (κ1) is 17.9. The lowest BCUT2D eigenvalue weighted by atomic mass is 10.1. The van der Waals surface area contributed by atoms with Crippen molar-refractivity contribution in [1.82, 2.24) is 5.32 Å². The van der Waals surface area contributed by atoms with Gasteiger partial charge in [0.05, 0.1) is 24.0 Å². The summed E-state index contributed by atoms with van der Waals surface area (Å²) in [5, 5.41) is 2.63. The van der Waals surface area contributed by atoms with Gasteiger partial charge in [0.2, 0.25) is 0 Å². The normalized spacial score (nSPS) is 17.8. The number of rotatable bonds is 5. The van der Waals surface area contributed by atoms with Crippen LogP contribution in [-0.4, -0.2) is 43.3 Å². The molecule has 0 aromatic heterocycles. The molecule has 1 aliphatic heterocycles. The maximum Gasteiger partial charge on any atom is 0.339 e. The molecule has 0 radical (unpaired) electrons. The number of urea groups is 1. The topological polar surface area (TPSA) is 84.9 Å². The van der Waals surface area contributed by atoms with Gasteiger partial charge in [-0.15, -0.1) is 0 Å². The molecule has 0 unspecified atom stereocenters. The van der Waals surface area contributed by atoms with Gasteiger partial charge >= 0.3 is 12.0 Å². The van der Waals surface area contributed by atoms with Crippen LogP contribution in [0, 0.1) is 0 Å². The summed E-state index contributed by atoms with van der Waals surface area (Å²) in [6.45, 7) is 6.09. The summed E-state index contributed by atoms with van der Waals surface area (Å²) in [5.74, 6) is -1.01. The number of nitrogens with one attached hydrogen (secondary N) is 1. The Morgan fingerprint density at radius 3 is 2.54 bits per heavy atom. The number of ether oxygens (including phenoxy) is 2. The minimum atomic E-state index is -0.675. The molecule has 1 atom stereocenters. The molecule has 3 amide bonds. The molecule has 1 heterocycles. The number of hydrogen-bond acceptors (Lipinski definition) is 5. The molecule has 0 bridgehead atoms. The molecule has 1 fully saturated rings. The van der Waals surface area contributed by atoms with E-state index in [4.69, 9.17) is 9.47 Å². The number of methoxy groups -OCH3 is 1. The summed E-state index contributed by atoms with van der Waals surface area (Å²) < 4.78 is 10.3. The number of carbonyl (C=O) groups is 3. The molecule has 0 aliphatic carbocycles. The third-order valence-corrected chi connectivity index (χ3v) is 3.51. The van der Waals surface area contributed by atoms with Crippen molar-refractivity contribution in [3.8, 4) is 0 Å². The Balaban J connectivity index is 2.17. The van der Waals surface area contributed by atoms with E-state index in [9.17, 15) is 14.4 Å². The molecule has 7 heteroatoms. The molecule has 2 rings (SSSR count). The fourth-order valence-corrected chi connectivity index (χ4v) is 2.39. The highest BCUT2D eigenvalue weighted by molar-refractivity contribution is 6.23. The smallest absolute Gasteiger partial charge is 0.339 e. The lowest BCUT2D eigenvalue weighted by Gasteiger charge is -2.20. The van der Waals surface area contributed by atoms with E-state index in [2.05, 4.69) is 5.32 Å². The van der Waals surface area contributed by atoms with Crippen LogP contribution in [0.25, 0.3) is 0 Å². The quantitative estimate of drug-likeness (QED) is 0.658. The lowest BCUT2D eigenvalue weighted by molar-refractivity contribution is -0.119. The fraction of sp³-hybridized carbons (Fsp3) is 0.471. The van der Waals surface area contributed by atoms with Crippen molar-refractivity contribution in [2.75, 3.05) is 18.6 Å². The van der Waals surface area contributed by atoms with Crippen LogP contribution in [0.4, 0.5) is 10.5 Å². The van der Waals surface area contributed by atoms with Crippen molar-refractivity contribution in [2.24, 2.45) is 0 Å². The Morgan fingerprint density at radius 1 is 1.25 bits per heavy atom. The fourth-order valence-electron chi connectivity index (χ4n) is 2.39. The number of nitrogens with zero attached hydrogens (tertiary/aromatic N) is 1. The number of amides is 3. The van der Waals surface area contributed by atoms with Crippen LogP contribution in [0.3, 0.4) is 0 Å². The predicted molar refractivity (Wildman–Crippen MR) is 87.9 cm³/mol. The maximum atomic E-state index is 12.6. The van der Waals surface area contributed by atoms with Crippen molar-refractivity contribution >= 4 is 23.6 Å². The number of esters is 1. The van der Waals surface area contributed by atoms with E-state index < -0.39 is 23.9 Å². The average Bonchev–Trinajstić information content (AvgIpc) is 2.79. The highest BCUT2D eigenvalue weighted by atomic mass is 16.5. The van der Waals surface area contributed by atoms with Crippen LogP contribution in [0.2, 0.25) is 0 Å². The van der Waals surface area contributed by atoms with E-state index in [0.29, 0.717) is 13.0 Å². The molecular formula is C17H22N2O5. The highest BCUT2D eigenvalue weighted by Gasteiger charge is 2.40. The van der Waals surface area contributed by atoms with Gasteiger partial charge < -0.3 is 14.8 Å². The summed E-state index contributed by atoms with van der Waals surface area (Å²) in [6.07, 6.45) is 0.360. The number of hydrogen-bond donors (Lipinski definition) is 1. The zero-order valence-corrected chi connectivity index (χ0v) is 14.3. The summed E-state index contributed by atoms with van der Waals surface area (Å²) in [4.78, 5) is 37.6. The molecule has 130 valence electrons. The van der Waals surface area contributed by atoms with Gasteiger partial charge in [0.1, 0.15) is 6.04 Å². The van der Waals surface area contributed by atoms with Crippen LogP contribution in [0.15, 0.2) is 24.3 Å². The Hall–Kier alpha value is -2.41. The molecule has 1 aliphatic rings. The highest BCUT2D eigenvalue weighted by Crippen LogP contribution is 2.25. The van der Waals surface area contributed by atoms with Crippen LogP contribution < -0.4 is 10.2 Å². The van der Waals surface area contributed by atoms with Gasteiger partial charge in [-0.1, -0.05) is 12.1 Å². The predicted octanol–water partition coefficient (Wildman–Crippen LogP) is 2.10. The van der Waals surface area contributed by atoms with Crippen LogP contribution in [0.5, 0.6) is 0 Å². The summed E-state index contributed by atoms with van der Waals surface area (Å²) in [5.41, 5.74) is 0.0595. The molecule has 0 saturated carbocycles. The van der Waals surface area contributed by atoms with Crippen molar-refractivity contribution in [1.29, 1.82) is 0 Å². The van der Waals surface area contributed by atoms with Gasteiger partial charge in [-0.05, 0) is 32.9 Å². The first-order chi connectivity index (χ1) is 11.2. The largest absolute Gasteiger partial charge is 0.465 e. The van der Waals surface area contributed by atoms with Gasteiger partial charge in [0, 0.05) is 13.0 Å². The lowest BCUT2D eigenvalue weighted by Crippen LogP contribution is -2.33. The first-order valence-electron chi connectivity index (χ1n) is 7.70. The second-order valence-electron chi connectivity index (χ2n) is 6.43. The molecule has 1 aromatic rings. The molecule has 1 aromatic carbocycles. The van der Waals surface area contributed by atoms with E-state index >= 15 is 0 Å². The number of carbonyl (C=O) groups excluding carboxylic acids is 3. The zero-order chi connectivity index (χ0) is 17.9. The standard InChI is InChI=1S/C17H22N2O5/c1-17(2,3)24-10-9-12-14(20)19(16(22)18-12)13-8-6-5-7-11(13)15(21)23-4/h5-8,12H,9-10H2,1-4H3,(H,18,22)/t12-/m0/s1. The molecule has 1 saturated heterocycles. The van der Waals surface area contributed by atoms with E-state index in [0.717, 1.165) is 4.90 Å². The average molecular weight is 334 g/mol. The summed E-state index contributed by atoms with van der Waals surface area (Å²) >= 11 is 0. The number of para-hydroxylation sites is 1. The summed E-state index contributed by atoms with van der Waals surface area (Å²) in [7, 11) is 1.25. The van der Waals surface area contributed by atoms with Crippen molar-refractivity contribution in [3.63, 3.8) is 0 Å². The first-order valence-corrected chi connectivity index (χ1v) is 7.70. The van der Waals surface area contributed by atoms with E-state index in [1.54, 1.807) is 12.1 Å². The number of imide groups is 1. The Morgan fingerprint density at radius 2 is 1.92 bits per heavy atom. The van der Waals surface area contributed by atoms with Crippen LogP contribution in [0.1, 0.15) is 37.6 Å². The monoisotopic (exact) mass is 334 g/mol. The SMILES string of the molecule is COC(=O)c1ccccc1N1C(=O)N[C@@H](CCOC(C)(C)C)C1=O. The van der Waals surface area contributed by atoms with E-state index in [-0.39, 0.29) is 16.9 Å². The molecular weight excluding hydrogens is 312 g/mol. The third-order valence-electron chi connectivity index (χ3n) is 3.51. The number of benzene rings is 1. The molecule has 1 N–H and O–H groups in total. The van der Waals surface area contributed by atoms with Gasteiger partial charge in [-0.3, -0.25) is 4.79 Å². The van der Waals surface area contributed by atoms with Gasteiger partial charge in [0.15, 0.2) is 0 Å². The summed E-state index contributed by atoms with van der Waals surface area (Å²) in [6, 6.07) is 5.11. The molecule has 0 spiro atoms. The maximum absolute atomic E-state index is 12.6. The minimum absolute atomic E-state index is 0.162. The van der Waals surface area contributed by atoms with Crippen LogP contribution in [-0.2, 0) is 14.3 Å². The Labute approximate surface area is 140 Å². The molecule has 24 heavy (non-hydrogen) atoms. The molecule has 7 nitrogen and oxygen atoms in total. The minimum Gasteiger partial charge on any atom is -0.465 e. The Kier molecular flexibility index (Phi) is 5.23. The van der Waals surface area contributed by atoms with Gasteiger partial charge in [-0.25, -0.2) is 14.5 Å².